The summed E-state index contributed by atoms with van der Waals surface area (Å²) >= 11 is 5.69. The van der Waals surface area contributed by atoms with Gasteiger partial charge in [0.25, 0.3) is 0 Å². The maximum Gasteiger partial charge on any atom is 0.243 e. The van der Waals surface area contributed by atoms with E-state index in [1.54, 1.807) is 0 Å². The van der Waals surface area contributed by atoms with Gasteiger partial charge in [-0.3, -0.25) is 0 Å². The van der Waals surface area contributed by atoms with Crippen molar-refractivity contribution in [1.82, 2.24) is 10.0 Å². The van der Waals surface area contributed by atoms with Crippen molar-refractivity contribution in [3.05, 3.63) is 29.0 Å². The summed E-state index contributed by atoms with van der Waals surface area (Å²) in [5, 5.41) is 3.41. The summed E-state index contributed by atoms with van der Waals surface area (Å²) in [6.07, 6.45) is 1.79. The smallest absolute Gasteiger partial charge is 0.243 e. The summed E-state index contributed by atoms with van der Waals surface area (Å²) in [5.41, 5.74) is 0. The van der Waals surface area contributed by atoms with Gasteiger partial charge in [0, 0.05) is 11.6 Å². The van der Waals surface area contributed by atoms with Gasteiger partial charge >= 0.3 is 0 Å². The van der Waals surface area contributed by atoms with Crippen molar-refractivity contribution in [2.24, 2.45) is 5.92 Å². The van der Waals surface area contributed by atoms with E-state index in [1.165, 1.54) is 6.07 Å². The Balaban J connectivity index is 0.00000200. The van der Waals surface area contributed by atoms with Crippen LogP contribution in [0.2, 0.25) is 5.02 Å². The van der Waals surface area contributed by atoms with E-state index in [9.17, 15) is 12.8 Å². The highest BCUT2D eigenvalue weighted by atomic mass is 35.5. The van der Waals surface area contributed by atoms with Crippen molar-refractivity contribution in [3.63, 3.8) is 0 Å². The van der Waals surface area contributed by atoms with Gasteiger partial charge in [0.1, 0.15) is 10.7 Å². The summed E-state index contributed by atoms with van der Waals surface area (Å²) in [5.74, 6) is -0.314. The fraction of sp³-hybridized carbons (Fsp3) is 0.500. The molecule has 4 nitrogen and oxygen atoms in total. The molecule has 1 fully saturated rings. The van der Waals surface area contributed by atoms with Crippen molar-refractivity contribution in [2.75, 3.05) is 19.6 Å². The molecule has 114 valence electrons. The molecule has 1 aliphatic heterocycles. The summed E-state index contributed by atoms with van der Waals surface area (Å²) in [6.45, 7) is 2.19. The fourth-order valence-corrected chi connectivity index (χ4v) is 3.50. The highest BCUT2D eigenvalue weighted by molar-refractivity contribution is 7.89. The zero-order chi connectivity index (χ0) is 13.9. The molecule has 1 atom stereocenters. The van der Waals surface area contributed by atoms with E-state index < -0.39 is 20.7 Å². The Hall–Kier alpha value is -0.400. The van der Waals surface area contributed by atoms with E-state index in [1.807, 2.05) is 0 Å². The van der Waals surface area contributed by atoms with Gasteiger partial charge in [0.2, 0.25) is 10.0 Å². The number of benzene rings is 1. The van der Waals surface area contributed by atoms with Crippen LogP contribution in [0.25, 0.3) is 0 Å². The maximum absolute atomic E-state index is 13.5. The minimum Gasteiger partial charge on any atom is -0.316 e. The van der Waals surface area contributed by atoms with Crippen LogP contribution in [-0.4, -0.2) is 28.1 Å². The summed E-state index contributed by atoms with van der Waals surface area (Å²) in [4.78, 5) is -0.399. The van der Waals surface area contributed by atoms with Crippen LogP contribution in [-0.2, 0) is 10.0 Å². The molecule has 1 heterocycles. The highest BCUT2D eigenvalue weighted by Crippen LogP contribution is 2.19. The Morgan fingerprint density at radius 2 is 2.20 bits per heavy atom. The third-order valence-electron chi connectivity index (χ3n) is 3.19. The number of sulfonamides is 1. The van der Waals surface area contributed by atoms with E-state index >= 15 is 0 Å². The molecule has 20 heavy (non-hydrogen) atoms. The first-order valence-corrected chi connectivity index (χ1v) is 8.00. The number of nitrogens with one attached hydrogen (secondary N) is 2. The topological polar surface area (TPSA) is 58.2 Å². The molecule has 0 amide bonds. The molecule has 0 aromatic heterocycles. The van der Waals surface area contributed by atoms with Crippen LogP contribution >= 0.6 is 24.0 Å². The average molecular weight is 343 g/mol. The van der Waals surface area contributed by atoms with Gasteiger partial charge in [0.05, 0.1) is 0 Å². The average Bonchev–Trinajstić information content (AvgIpc) is 2.85. The third kappa shape index (κ3) is 4.56. The Kier molecular flexibility index (Phi) is 6.68. The molecule has 0 aliphatic carbocycles. The van der Waals surface area contributed by atoms with Crippen molar-refractivity contribution >= 4 is 34.0 Å². The van der Waals surface area contributed by atoms with Crippen LogP contribution in [0.1, 0.15) is 12.8 Å². The zero-order valence-corrected chi connectivity index (χ0v) is 13.1. The van der Waals surface area contributed by atoms with E-state index in [-0.39, 0.29) is 17.4 Å². The Morgan fingerprint density at radius 1 is 1.45 bits per heavy atom. The largest absolute Gasteiger partial charge is 0.316 e. The van der Waals surface area contributed by atoms with Crippen LogP contribution < -0.4 is 10.0 Å². The molecular formula is C12H17Cl2FN2O2S. The number of hydrogen-bond donors (Lipinski definition) is 2. The van der Waals surface area contributed by atoms with Gasteiger partial charge in [-0.2, -0.15) is 0 Å². The lowest BCUT2D eigenvalue weighted by Crippen LogP contribution is -2.27. The van der Waals surface area contributed by atoms with Gasteiger partial charge in [0.15, 0.2) is 0 Å². The van der Waals surface area contributed by atoms with Gasteiger partial charge in [-0.15, -0.1) is 12.4 Å². The lowest BCUT2D eigenvalue weighted by atomic mass is 10.1. The van der Waals surface area contributed by atoms with Crippen molar-refractivity contribution in [1.29, 1.82) is 0 Å². The normalized spacial score (nSPS) is 18.8. The first kappa shape index (κ1) is 17.7. The Labute approximate surface area is 129 Å². The second-order valence-corrected chi connectivity index (χ2v) is 6.79. The lowest BCUT2D eigenvalue weighted by Gasteiger charge is -2.10. The minimum absolute atomic E-state index is 0. The zero-order valence-electron chi connectivity index (χ0n) is 10.7. The first-order chi connectivity index (χ1) is 8.99. The summed E-state index contributed by atoms with van der Waals surface area (Å²) in [7, 11) is -3.84. The molecule has 2 rings (SSSR count). The standard InChI is InChI=1S/C12H16ClFN2O2S.ClH/c13-10-1-2-11(14)12(7-10)19(17,18)16-6-4-9-3-5-15-8-9;/h1-2,7,9,15-16H,3-6,8H2;1H. The van der Waals surface area contributed by atoms with Crippen LogP contribution in [0, 0.1) is 11.7 Å². The van der Waals surface area contributed by atoms with E-state index in [0.29, 0.717) is 12.5 Å². The molecule has 0 saturated carbocycles. The number of halogens is 3. The predicted octanol–water partition coefficient (Wildman–Crippen LogP) is 2.18. The van der Waals surface area contributed by atoms with E-state index in [0.717, 1.165) is 38.1 Å². The Bertz CT molecular complexity index is 548. The number of hydrogen-bond acceptors (Lipinski definition) is 3. The van der Waals surface area contributed by atoms with Crippen molar-refractivity contribution in [3.8, 4) is 0 Å². The molecular weight excluding hydrogens is 326 g/mol. The van der Waals surface area contributed by atoms with Crippen LogP contribution in [0.4, 0.5) is 4.39 Å². The second kappa shape index (κ2) is 7.56. The van der Waals surface area contributed by atoms with E-state index in [4.69, 9.17) is 11.6 Å². The fourth-order valence-electron chi connectivity index (χ4n) is 2.12. The molecule has 2 N–H and O–H groups in total. The SMILES string of the molecule is Cl.O=S(=O)(NCCC1CCNC1)c1cc(Cl)ccc1F. The monoisotopic (exact) mass is 342 g/mol. The second-order valence-electron chi connectivity index (χ2n) is 4.62. The molecule has 8 heteroatoms. The first-order valence-electron chi connectivity index (χ1n) is 6.14. The van der Waals surface area contributed by atoms with E-state index in [2.05, 4.69) is 10.0 Å². The molecule has 0 spiro atoms. The maximum atomic E-state index is 13.5. The predicted molar refractivity (Wildman–Crippen MR) is 79.4 cm³/mol. The van der Waals surface area contributed by atoms with Crippen molar-refractivity contribution in [2.45, 2.75) is 17.7 Å². The minimum atomic E-state index is -3.84. The molecule has 1 aliphatic rings. The van der Waals surface area contributed by atoms with Gasteiger partial charge in [-0.25, -0.2) is 17.5 Å². The van der Waals surface area contributed by atoms with Crippen molar-refractivity contribution < 1.29 is 12.8 Å². The molecule has 1 saturated heterocycles. The van der Waals surface area contributed by atoms with Crippen LogP contribution in [0.15, 0.2) is 23.1 Å². The van der Waals surface area contributed by atoms with Gasteiger partial charge in [-0.1, -0.05) is 11.6 Å². The summed E-state index contributed by atoms with van der Waals surface area (Å²) < 4.78 is 39.8. The van der Waals surface area contributed by atoms with Crippen LogP contribution in [0.3, 0.4) is 0 Å². The van der Waals surface area contributed by atoms with Crippen LogP contribution in [0.5, 0.6) is 0 Å². The van der Waals surface area contributed by atoms with Gasteiger partial charge in [-0.05, 0) is 50.0 Å². The molecule has 0 radical (unpaired) electrons. The quantitative estimate of drug-likeness (QED) is 0.862. The highest BCUT2D eigenvalue weighted by Gasteiger charge is 2.20. The number of rotatable bonds is 5. The van der Waals surface area contributed by atoms with Gasteiger partial charge < -0.3 is 5.32 Å². The molecule has 0 bridgehead atoms. The third-order valence-corrected chi connectivity index (χ3v) is 4.90. The molecule has 1 aromatic carbocycles. The summed E-state index contributed by atoms with van der Waals surface area (Å²) in [6, 6.07) is 3.49. The molecule has 1 unspecified atom stereocenters. The lowest BCUT2D eigenvalue weighted by molar-refractivity contribution is 0.515. The molecule has 1 aromatic rings. The Morgan fingerprint density at radius 3 is 2.85 bits per heavy atom.